The predicted octanol–water partition coefficient (Wildman–Crippen LogP) is 2.61. The van der Waals surface area contributed by atoms with Crippen molar-refractivity contribution in [1.82, 2.24) is 8.87 Å². The molecule has 2 heterocycles. The number of benzene rings is 1. The van der Waals surface area contributed by atoms with E-state index in [2.05, 4.69) is 4.57 Å². The van der Waals surface area contributed by atoms with E-state index in [9.17, 15) is 23.1 Å². The summed E-state index contributed by atoms with van der Waals surface area (Å²) in [6.07, 6.45) is 1.12. The van der Waals surface area contributed by atoms with E-state index >= 15 is 0 Å². The molecule has 178 valence electrons. The van der Waals surface area contributed by atoms with Crippen LogP contribution in [0.3, 0.4) is 0 Å². The first kappa shape index (κ1) is 23.7. The van der Waals surface area contributed by atoms with Crippen LogP contribution in [0.4, 0.5) is 0 Å². The van der Waals surface area contributed by atoms with Gasteiger partial charge in [-0.2, -0.15) is 4.31 Å². The summed E-state index contributed by atoms with van der Waals surface area (Å²) in [6.45, 7) is 6.84. The maximum atomic E-state index is 13.2. The van der Waals surface area contributed by atoms with E-state index in [0.29, 0.717) is 11.6 Å². The minimum atomic E-state index is -4.02. The second-order valence-corrected chi connectivity index (χ2v) is 11.0. The number of nitrogens with zero attached hydrogens (tertiary/aromatic N) is 2. The molecule has 2 atom stereocenters. The van der Waals surface area contributed by atoms with Gasteiger partial charge in [0.25, 0.3) is 0 Å². The highest BCUT2D eigenvalue weighted by Gasteiger charge is 2.44. The van der Waals surface area contributed by atoms with E-state index < -0.39 is 34.7 Å². The van der Waals surface area contributed by atoms with Crippen molar-refractivity contribution in [3.63, 3.8) is 0 Å². The molecule has 1 N–H and O–H groups in total. The summed E-state index contributed by atoms with van der Waals surface area (Å²) in [4.78, 5) is 25.6. The van der Waals surface area contributed by atoms with Gasteiger partial charge in [-0.15, -0.1) is 0 Å². The van der Waals surface area contributed by atoms with Gasteiger partial charge in [0.15, 0.2) is 6.61 Å². The van der Waals surface area contributed by atoms with Crippen LogP contribution in [0.25, 0.3) is 0 Å². The van der Waals surface area contributed by atoms with Gasteiger partial charge in [-0.25, -0.2) is 8.42 Å². The first-order valence-electron chi connectivity index (χ1n) is 11.2. The third kappa shape index (κ3) is 4.49. The number of aryl methyl sites for hydroxylation is 3. The fraction of sp³-hybridized carbons (Fsp3) is 0.500. The number of esters is 1. The molecule has 0 amide bonds. The molecule has 2 aliphatic rings. The Balaban J connectivity index is 1.48. The Labute approximate surface area is 194 Å². The van der Waals surface area contributed by atoms with E-state index in [1.807, 2.05) is 27.7 Å². The van der Waals surface area contributed by atoms with Crippen LogP contribution in [0.5, 0.6) is 0 Å². The van der Waals surface area contributed by atoms with E-state index in [1.54, 1.807) is 18.2 Å². The van der Waals surface area contributed by atoms with Crippen LogP contribution in [-0.2, 0) is 19.6 Å². The van der Waals surface area contributed by atoms with Gasteiger partial charge < -0.3 is 14.4 Å². The molecule has 1 saturated heterocycles. The molecular weight excluding hydrogens is 444 g/mol. The normalized spacial score (nSPS) is 21.4. The molecule has 0 radical (unpaired) electrons. The number of Topliss-reactive ketones (excluding diaryl/α,β-unsaturated/α-hetero) is 1. The molecule has 4 rings (SSSR count). The molecule has 2 fully saturated rings. The second kappa shape index (κ2) is 8.70. The van der Waals surface area contributed by atoms with Gasteiger partial charge in [-0.3, -0.25) is 9.59 Å². The summed E-state index contributed by atoms with van der Waals surface area (Å²) in [5.41, 5.74) is 4.12. The Hall–Kier alpha value is -2.49. The van der Waals surface area contributed by atoms with Crippen molar-refractivity contribution in [1.29, 1.82) is 0 Å². The number of β-amino-alcohol motifs (C(OH)–C–C–N with tert-alkyl or cyclic N) is 1. The van der Waals surface area contributed by atoms with Crippen molar-refractivity contribution in [3.05, 3.63) is 52.3 Å². The van der Waals surface area contributed by atoms with Gasteiger partial charge in [0.1, 0.15) is 6.04 Å². The summed E-state index contributed by atoms with van der Waals surface area (Å²) in [6, 6.07) is 5.80. The Bertz CT molecular complexity index is 1210. The number of carbonyl (C=O) groups is 2. The molecular formula is C24H30N2O6S. The van der Waals surface area contributed by atoms with Crippen molar-refractivity contribution in [2.75, 3.05) is 13.2 Å². The van der Waals surface area contributed by atoms with Crippen molar-refractivity contribution in [2.45, 2.75) is 70.0 Å². The van der Waals surface area contributed by atoms with Crippen LogP contribution in [0, 0.1) is 27.7 Å². The number of aliphatic hydroxyl groups excluding tert-OH is 1. The lowest BCUT2D eigenvalue weighted by atomic mass is 10.1. The Morgan fingerprint density at radius 1 is 1.09 bits per heavy atom. The smallest absolute Gasteiger partial charge is 0.325 e. The zero-order chi connectivity index (χ0) is 24.1. The van der Waals surface area contributed by atoms with Crippen molar-refractivity contribution in [2.24, 2.45) is 0 Å². The molecule has 2 aromatic rings. The van der Waals surface area contributed by atoms with Gasteiger partial charge >= 0.3 is 5.97 Å². The second-order valence-electron chi connectivity index (χ2n) is 9.14. The average Bonchev–Trinajstić information content (AvgIpc) is 3.43. The number of sulfonamides is 1. The van der Waals surface area contributed by atoms with Crippen molar-refractivity contribution >= 4 is 21.8 Å². The van der Waals surface area contributed by atoms with Crippen LogP contribution in [0.15, 0.2) is 29.2 Å². The van der Waals surface area contributed by atoms with Crippen molar-refractivity contribution in [3.8, 4) is 0 Å². The molecule has 1 aromatic heterocycles. The number of hydrogen-bond donors (Lipinski definition) is 1. The number of ketones is 1. The van der Waals surface area contributed by atoms with E-state index in [-0.39, 0.29) is 23.6 Å². The zero-order valence-corrected chi connectivity index (χ0v) is 20.2. The van der Waals surface area contributed by atoms with Gasteiger partial charge in [0, 0.05) is 36.0 Å². The number of ether oxygens (including phenoxy) is 1. The molecule has 1 aromatic carbocycles. The molecule has 33 heavy (non-hydrogen) atoms. The van der Waals surface area contributed by atoms with Crippen LogP contribution < -0.4 is 0 Å². The van der Waals surface area contributed by atoms with E-state index in [0.717, 1.165) is 39.7 Å². The van der Waals surface area contributed by atoms with Gasteiger partial charge in [-0.05, 0) is 69.9 Å². The number of rotatable bonds is 7. The largest absolute Gasteiger partial charge is 0.456 e. The van der Waals surface area contributed by atoms with Crippen LogP contribution >= 0.6 is 0 Å². The topological polar surface area (TPSA) is 106 Å². The van der Waals surface area contributed by atoms with E-state index in [4.69, 9.17) is 4.74 Å². The number of aromatic nitrogens is 1. The monoisotopic (exact) mass is 474 g/mol. The van der Waals surface area contributed by atoms with Crippen LogP contribution in [0.2, 0.25) is 0 Å². The molecule has 1 aliphatic carbocycles. The zero-order valence-electron chi connectivity index (χ0n) is 19.4. The molecule has 9 heteroatoms. The number of hydrogen-bond acceptors (Lipinski definition) is 6. The molecule has 0 spiro atoms. The Kier molecular flexibility index (Phi) is 6.24. The molecule has 2 unspecified atom stereocenters. The minimum Gasteiger partial charge on any atom is -0.456 e. The Morgan fingerprint density at radius 2 is 1.79 bits per heavy atom. The lowest BCUT2D eigenvalue weighted by Gasteiger charge is -2.22. The standard InChI is InChI=1S/C24H30N2O6S/c1-14-5-8-20(9-15(14)2)33(30,31)25-12-19(27)11-22(25)24(29)32-13-23(28)21-10-16(3)26(17(21)4)18-6-7-18/h5,8-10,18-19,22,27H,6-7,11-13H2,1-4H3. The summed E-state index contributed by atoms with van der Waals surface area (Å²) in [5, 5.41) is 10.1. The van der Waals surface area contributed by atoms with Gasteiger partial charge in [0.05, 0.1) is 11.0 Å². The molecule has 8 nitrogen and oxygen atoms in total. The predicted molar refractivity (Wildman–Crippen MR) is 122 cm³/mol. The van der Waals surface area contributed by atoms with E-state index in [1.165, 1.54) is 6.07 Å². The first-order chi connectivity index (χ1) is 15.5. The average molecular weight is 475 g/mol. The fourth-order valence-electron chi connectivity index (χ4n) is 4.54. The van der Waals surface area contributed by atoms with Gasteiger partial charge in [0.2, 0.25) is 15.8 Å². The number of aliphatic hydroxyl groups is 1. The first-order valence-corrected chi connectivity index (χ1v) is 12.6. The molecule has 1 aliphatic heterocycles. The third-order valence-electron chi connectivity index (χ3n) is 6.63. The summed E-state index contributed by atoms with van der Waals surface area (Å²) in [5.74, 6) is -1.16. The fourth-order valence-corrected chi connectivity index (χ4v) is 6.25. The summed E-state index contributed by atoms with van der Waals surface area (Å²) < 4.78 is 34.8. The summed E-state index contributed by atoms with van der Waals surface area (Å²) >= 11 is 0. The number of carbonyl (C=O) groups excluding carboxylic acids is 2. The maximum absolute atomic E-state index is 13.2. The Morgan fingerprint density at radius 3 is 2.42 bits per heavy atom. The van der Waals surface area contributed by atoms with Crippen molar-refractivity contribution < 1.29 is 27.9 Å². The highest BCUT2D eigenvalue weighted by molar-refractivity contribution is 7.89. The lowest BCUT2D eigenvalue weighted by molar-refractivity contribution is -0.146. The highest BCUT2D eigenvalue weighted by atomic mass is 32.2. The highest BCUT2D eigenvalue weighted by Crippen LogP contribution is 2.38. The maximum Gasteiger partial charge on any atom is 0.325 e. The SMILES string of the molecule is Cc1ccc(S(=O)(=O)N2CC(O)CC2C(=O)OCC(=O)c2cc(C)n(C3CC3)c2C)cc1C. The molecule has 0 bridgehead atoms. The third-order valence-corrected chi connectivity index (χ3v) is 8.50. The lowest BCUT2D eigenvalue weighted by Crippen LogP contribution is -2.42. The van der Waals surface area contributed by atoms with Crippen LogP contribution in [0.1, 0.15) is 58.2 Å². The van der Waals surface area contributed by atoms with Gasteiger partial charge in [-0.1, -0.05) is 6.07 Å². The van der Waals surface area contributed by atoms with Crippen LogP contribution in [-0.4, -0.2) is 59.4 Å². The molecule has 1 saturated carbocycles. The quantitative estimate of drug-likeness (QED) is 0.488. The minimum absolute atomic E-state index is 0.0566. The summed E-state index contributed by atoms with van der Waals surface area (Å²) in [7, 11) is -4.02.